The van der Waals surface area contributed by atoms with Crippen LogP contribution in [0.4, 0.5) is 0 Å². The molecule has 0 aliphatic carbocycles. The molecule has 0 unspecified atom stereocenters. The van der Waals surface area contributed by atoms with Crippen molar-refractivity contribution < 1.29 is 22.4 Å². The summed E-state index contributed by atoms with van der Waals surface area (Å²) in [5, 5.41) is 0. The van der Waals surface area contributed by atoms with Crippen molar-refractivity contribution >= 4 is 62.0 Å². The van der Waals surface area contributed by atoms with Crippen LogP contribution in [0.1, 0.15) is 0 Å². The largest absolute Gasteiger partial charge is 0.147 e. The molecular weight excluding hydrogens is 270 g/mol. The molecule has 45 valence electrons. The third-order valence-corrected chi connectivity index (χ3v) is 0. The molecular formula is H5Cl5Nb. The van der Waals surface area contributed by atoms with Crippen LogP contribution in [0.15, 0.2) is 0 Å². The molecule has 1 radical (unpaired) electrons. The van der Waals surface area contributed by atoms with Gasteiger partial charge in [-0.05, 0) is 0 Å². The monoisotopic (exact) mass is 273 g/mol. The van der Waals surface area contributed by atoms with Crippen molar-refractivity contribution in [3.8, 4) is 0 Å². The fourth-order valence-corrected chi connectivity index (χ4v) is 0. The molecule has 0 N–H and O–H groups in total. The summed E-state index contributed by atoms with van der Waals surface area (Å²) in [6.45, 7) is 0. The van der Waals surface area contributed by atoms with Gasteiger partial charge in [0.25, 0.3) is 0 Å². The first-order valence-corrected chi connectivity index (χ1v) is 0. The molecule has 0 heterocycles. The fourth-order valence-electron chi connectivity index (χ4n) is 0. The van der Waals surface area contributed by atoms with Crippen LogP contribution in [-0.4, -0.2) is 0 Å². The first-order chi connectivity index (χ1) is 0. The number of rotatable bonds is 0. The second kappa shape index (κ2) is 57.4. The van der Waals surface area contributed by atoms with Gasteiger partial charge in [0.15, 0.2) is 0 Å². The van der Waals surface area contributed by atoms with Gasteiger partial charge < -0.3 is 0 Å². The Kier molecular flexibility index (Phi) is 845. The van der Waals surface area contributed by atoms with E-state index in [4.69, 9.17) is 0 Å². The fraction of sp³-hybridized carbons (Fsp3) is 0. The molecule has 0 fully saturated rings. The Hall–Kier alpha value is 2.19. The van der Waals surface area contributed by atoms with Crippen molar-refractivity contribution in [1.29, 1.82) is 0 Å². The smallest absolute Gasteiger partial charge is 0 e. The van der Waals surface area contributed by atoms with Crippen LogP contribution in [0.25, 0.3) is 0 Å². The summed E-state index contributed by atoms with van der Waals surface area (Å²) in [7, 11) is 0. The van der Waals surface area contributed by atoms with Gasteiger partial charge in [0.05, 0.1) is 0 Å². The van der Waals surface area contributed by atoms with E-state index in [-0.39, 0.29) is 84.4 Å². The van der Waals surface area contributed by atoms with Crippen molar-refractivity contribution in [3.05, 3.63) is 0 Å². The molecule has 0 bridgehead atoms. The van der Waals surface area contributed by atoms with Crippen LogP contribution in [0.3, 0.4) is 0 Å². The van der Waals surface area contributed by atoms with Gasteiger partial charge in [-0.1, -0.05) is 0 Å². The van der Waals surface area contributed by atoms with Gasteiger partial charge in [0.1, 0.15) is 0 Å². The predicted octanol–water partition coefficient (Wildman–Crippen LogP) is 2.11. The van der Waals surface area contributed by atoms with Crippen LogP contribution in [0.5, 0.6) is 0 Å². The molecule has 0 rings (SSSR count). The van der Waals surface area contributed by atoms with E-state index in [1.807, 2.05) is 0 Å². The van der Waals surface area contributed by atoms with Crippen molar-refractivity contribution in [3.63, 3.8) is 0 Å². The molecule has 6 heteroatoms. The van der Waals surface area contributed by atoms with Crippen LogP contribution in [0.2, 0.25) is 0 Å². The molecule has 0 nitrogen and oxygen atoms in total. The van der Waals surface area contributed by atoms with Gasteiger partial charge in [-0.15, -0.1) is 62.0 Å². The third kappa shape index (κ3) is 34.8. The maximum absolute atomic E-state index is 0. The van der Waals surface area contributed by atoms with E-state index in [1.165, 1.54) is 0 Å². The zero-order valence-electron chi connectivity index (χ0n) is 2.49. The average Bonchev–Trinajstić information content (AvgIpc) is 0. The summed E-state index contributed by atoms with van der Waals surface area (Å²) >= 11 is 0. The van der Waals surface area contributed by atoms with E-state index in [1.54, 1.807) is 0 Å². The van der Waals surface area contributed by atoms with Gasteiger partial charge >= 0.3 is 0 Å². The Morgan fingerprint density at radius 1 is 0.333 bits per heavy atom. The minimum Gasteiger partial charge on any atom is -0.147 e. The zero-order chi connectivity index (χ0) is 0. The minimum atomic E-state index is 0. The topological polar surface area (TPSA) is 0 Å². The van der Waals surface area contributed by atoms with E-state index < -0.39 is 0 Å². The van der Waals surface area contributed by atoms with E-state index in [0.717, 1.165) is 0 Å². The Balaban J connectivity index is 0. The summed E-state index contributed by atoms with van der Waals surface area (Å²) in [5.74, 6) is 0. The van der Waals surface area contributed by atoms with Crippen LogP contribution in [0, 0.1) is 0 Å². The maximum Gasteiger partial charge on any atom is 0 e. The van der Waals surface area contributed by atoms with Gasteiger partial charge in [0, 0.05) is 22.4 Å². The Morgan fingerprint density at radius 3 is 0.333 bits per heavy atom. The molecule has 0 aromatic heterocycles. The maximum atomic E-state index is 0. The van der Waals surface area contributed by atoms with Crippen LogP contribution >= 0.6 is 62.0 Å². The zero-order valence-corrected chi connectivity index (χ0v) is 8.77. The van der Waals surface area contributed by atoms with E-state index in [9.17, 15) is 0 Å². The Bertz CT molecular complexity index is 3.90. The number of halogens is 5. The van der Waals surface area contributed by atoms with Crippen molar-refractivity contribution in [1.82, 2.24) is 0 Å². The molecule has 0 aromatic rings. The summed E-state index contributed by atoms with van der Waals surface area (Å²) < 4.78 is 0. The van der Waals surface area contributed by atoms with Crippen molar-refractivity contribution in [2.45, 2.75) is 0 Å². The first kappa shape index (κ1) is 88.3. The predicted molar refractivity (Wildman–Crippen MR) is 36.2 cm³/mol. The number of hydrogen-bond donors (Lipinski definition) is 0. The molecule has 0 amide bonds. The van der Waals surface area contributed by atoms with Gasteiger partial charge in [-0.25, -0.2) is 0 Å². The third-order valence-electron chi connectivity index (χ3n) is 0. The molecule has 6 heavy (non-hydrogen) atoms. The molecule has 0 saturated heterocycles. The normalized spacial score (nSPS) is 0. The first-order valence-electron chi connectivity index (χ1n) is 0. The van der Waals surface area contributed by atoms with Gasteiger partial charge in [-0.2, -0.15) is 0 Å². The summed E-state index contributed by atoms with van der Waals surface area (Å²) in [6, 6.07) is 0. The van der Waals surface area contributed by atoms with E-state index in [2.05, 4.69) is 0 Å². The molecule has 0 aliphatic rings. The quantitative estimate of drug-likeness (QED) is 0.594. The van der Waals surface area contributed by atoms with Crippen LogP contribution in [-0.2, 0) is 22.4 Å². The molecule has 0 atom stereocenters. The molecule has 0 aromatic carbocycles. The molecule has 0 saturated carbocycles. The summed E-state index contributed by atoms with van der Waals surface area (Å²) in [4.78, 5) is 0. The second-order valence-electron chi connectivity index (χ2n) is 0. The molecule has 0 spiro atoms. The summed E-state index contributed by atoms with van der Waals surface area (Å²) in [6.07, 6.45) is 0. The summed E-state index contributed by atoms with van der Waals surface area (Å²) in [5.41, 5.74) is 0. The van der Waals surface area contributed by atoms with Crippen LogP contribution < -0.4 is 0 Å². The minimum absolute atomic E-state index is 0. The van der Waals surface area contributed by atoms with Crippen molar-refractivity contribution in [2.24, 2.45) is 0 Å². The average molecular weight is 275 g/mol. The number of hydrogen-bond acceptors (Lipinski definition) is 0. The van der Waals surface area contributed by atoms with E-state index in [0.29, 0.717) is 0 Å². The van der Waals surface area contributed by atoms with Gasteiger partial charge in [-0.3, -0.25) is 0 Å². The van der Waals surface area contributed by atoms with E-state index >= 15 is 0 Å². The molecule has 0 aliphatic heterocycles. The standard InChI is InChI=1S/5ClH.Nb/h5*1H;. The Morgan fingerprint density at radius 2 is 0.333 bits per heavy atom. The Labute approximate surface area is 83.8 Å². The SMILES string of the molecule is Cl.Cl.Cl.Cl.Cl.[Nb]. The second-order valence-corrected chi connectivity index (χ2v) is 0. The van der Waals surface area contributed by atoms with Crippen molar-refractivity contribution in [2.75, 3.05) is 0 Å². The van der Waals surface area contributed by atoms with Gasteiger partial charge in [0.2, 0.25) is 0 Å².